The van der Waals surface area contributed by atoms with Crippen LogP contribution in [-0.4, -0.2) is 176 Å². The molecule has 0 radical (unpaired) electrons. The van der Waals surface area contributed by atoms with Crippen LogP contribution in [0.4, 0.5) is 0 Å². The van der Waals surface area contributed by atoms with Gasteiger partial charge in [0, 0.05) is 30.9 Å². The third-order valence-electron chi connectivity index (χ3n) is 11.9. The molecule has 0 unspecified atom stereocenters. The normalized spacial score (nSPS) is 27.1. The number of aromatic hydroxyl groups is 2. The lowest BCUT2D eigenvalue weighted by molar-refractivity contribution is -0.141. The molecule has 9 amide bonds. The van der Waals surface area contributed by atoms with Gasteiger partial charge >= 0.3 is 5.97 Å². The summed E-state index contributed by atoms with van der Waals surface area (Å²) in [4.78, 5) is 149. The van der Waals surface area contributed by atoms with Crippen molar-refractivity contribution in [1.29, 1.82) is 0 Å². The Kier molecular flexibility index (Phi) is 23.6. The minimum Gasteiger partial charge on any atom is -0.508 e. The van der Waals surface area contributed by atoms with Crippen LogP contribution < -0.4 is 48.3 Å². The molecular formula is C48H66N10O15S2. The number of aliphatic hydroxyl groups excluding tert-OH is 1. The Morgan fingerprint density at radius 2 is 1.08 bits per heavy atom. The molecule has 0 bridgehead atoms. The molecule has 14 N–H and O–H groups in total. The molecule has 0 spiro atoms. The Hall–Kier alpha value is -6.97. The minimum absolute atomic E-state index is 0.0187. The highest BCUT2D eigenvalue weighted by atomic mass is 33.1. The number of nitrogens with zero attached hydrogens (tertiary/aromatic N) is 1. The third kappa shape index (κ3) is 19.0. The minimum atomic E-state index is -1.75. The maximum Gasteiger partial charge on any atom is 0.305 e. The molecular weight excluding hydrogens is 1020 g/mol. The number of aliphatic carboxylic acids is 1. The molecule has 410 valence electrons. The first-order valence-electron chi connectivity index (χ1n) is 24.1. The van der Waals surface area contributed by atoms with E-state index in [9.17, 15) is 73.2 Å². The highest BCUT2D eigenvalue weighted by molar-refractivity contribution is 8.76. The molecule has 4 rings (SSSR count). The number of carbonyl (C=O) groups excluding carboxylic acids is 10. The summed E-state index contributed by atoms with van der Waals surface area (Å²) in [7, 11) is 2.12. The highest BCUT2D eigenvalue weighted by Crippen LogP contribution is 2.25. The van der Waals surface area contributed by atoms with E-state index >= 15 is 0 Å². The van der Waals surface area contributed by atoms with Crippen molar-refractivity contribution < 1.29 is 73.2 Å². The number of phenolic OH excluding ortho intramolecular Hbond substituents is 2. The molecule has 25 nitrogen and oxygen atoms in total. The summed E-state index contributed by atoms with van der Waals surface area (Å²) in [6, 6.07) is -2.80. The van der Waals surface area contributed by atoms with Gasteiger partial charge in [0.2, 0.25) is 53.2 Å². The topological polar surface area (TPSA) is 394 Å². The van der Waals surface area contributed by atoms with E-state index in [0.717, 1.165) is 21.6 Å². The van der Waals surface area contributed by atoms with Gasteiger partial charge in [0.1, 0.15) is 66.1 Å². The maximum atomic E-state index is 14.2. The van der Waals surface area contributed by atoms with E-state index in [2.05, 4.69) is 42.5 Å². The first kappa shape index (κ1) is 60.6. The number of phenols is 2. The fourth-order valence-electron chi connectivity index (χ4n) is 7.83. The Morgan fingerprint density at radius 1 is 0.640 bits per heavy atom. The predicted octanol–water partition coefficient (Wildman–Crippen LogP) is -2.77. The van der Waals surface area contributed by atoms with E-state index < -0.39 is 133 Å². The largest absolute Gasteiger partial charge is 0.508 e. The van der Waals surface area contributed by atoms with Crippen molar-refractivity contribution in [2.75, 3.05) is 24.7 Å². The smallest absolute Gasteiger partial charge is 0.305 e. The van der Waals surface area contributed by atoms with Crippen LogP contribution in [0.5, 0.6) is 11.5 Å². The van der Waals surface area contributed by atoms with Gasteiger partial charge in [-0.2, -0.15) is 0 Å². The number of amides is 9. The number of hydrogen-bond donors (Lipinski definition) is 13. The van der Waals surface area contributed by atoms with Gasteiger partial charge in [-0.3, -0.25) is 47.9 Å². The lowest BCUT2D eigenvalue weighted by Crippen LogP contribution is -2.61. The van der Waals surface area contributed by atoms with Crippen molar-refractivity contribution in [3.63, 3.8) is 0 Å². The zero-order chi connectivity index (χ0) is 55.5. The Balaban J connectivity index is 1.68. The van der Waals surface area contributed by atoms with Crippen LogP contribution in [0.25, 0.3) is 0 Å². The SMILES string of the molecule is CC(C)C[C@@H]1NC(=O)[C@H](Cc2ccc(O)cc2)NC(=O)[C@H](C)NC(=O)[C@H](CO)NC(=O)[C@H](Cc2ccc(O)cc2)NC(=O)[C@H](C)NC(=O)[C@@H]2CCCN2C(=O)[C@@H](N)CSSC[C@@H](C=O)NC(=O)[C@H](CC(=O)O)NC1=O. The molecule has 2 aliphatic heterocycles. The van der Waals surface area contributed by atoms with Gasteiger partial charge in [0.15, 0.2) is 0 Å². The molecule has 2 aromatic rings. The number of carboxylic acids is 1. The Morgan fingerprint density at radius 3 is 1.57 bits per heavy atom. The second-order valence-electron chi connectivity index (χ2n) is 18.5. The lowest BCUT2D eigenvalue weighted by atomic mass is 10.00. The van der Waals surface area contributed by atoms with Crippen molar-refractivity contribution in [2.45, 2.75) is 127 Å². The monoisotopic (exact) mass is 1090 g/mol. The van der Waals surface area contributed by atoms with E-state index in [1.165, 1.54) is 67.3 Å². The van der Waals surface area contributed by atoms with Gasteiger partial charge in [-0.1, -0.05) is 59.7 Å². The second-order valence-corrected chi connectivity index (χ2v) is 21.1. The van der Waals surface area contributed by atoms with Crippen molar-refractivity contribution in [2.24, 2.45) is 11.7 Å². The fourth-order valence-corrected chi connectivity index (χ4v) is 10.1. The average Bonchev–Trinajstić information content (AvgIpc) is 3.86. The molecule has 0 aliphatic carbocycles. The lowest BCUT2D eigenvalue weighted by Gasteiger charge is -2.28. The summed E-state index contributed by atoms with van der Waals surface area (Å²) >= 11 is 0. The molecule has 2 fully saturated rings. The standard InChI is InChI=1S/C48H66N10O15S2/c1-24(2)16-33-43(68)56-36(19-39(63)64)42(67)52-29(20-59)22-74-75-23-32(49)48(73)58-15-5-6-38(58)47(72)51-26(4)41(66)54-35(18-28-9-13-31(62)14-10-28)45(70)57-37(21-60)46(71)50-25(3)40(65)53-34(44(69)55-33)17-27-7-11-30(61)12-8-27/h7-14,20,24-26,29,32-38,60-62H,5-6,15-19,21-23,49H2,1-4H3,(H,50,71)(H,51,72)(H,52,67)(H,53,65)(H,54,66)(H,55,69)(H,56,68)(H,57,70)(H,63,64)/t25-,26-,29+,32-,33-,34-,35-,36-,37-,38-/m0/s1. The number of aliphatic hydroxyl groups is 1. The van der Waals surface area contributed by atoms with Gasteiger partial charge in [0.05, 0.1) is 25.1 Å². The van der Waals surface area contributed by atoms with Crippen LogP contribution in [0.15, 0.2) is 48.5 Å². The summed E-state index contributed by atoms with van der Waals surface area (Å²) in [5.41, 5.74) is 7.12. The number of fused-ring (bicyclic) bond motifs is 1. The van der Waals surface area contributed by atoms with Crippen molar-refractivity contribution in [3.05, 3.63) is 59.7 Å². The summed E-state index contributed by atoms with van der Waals surface area (Å²) in [5.74, 6) is -10.2. The summed E-state index contributed by atoms with van der Waals surface area (Å²) in [6.45, 7) is 5.17. The predicted molar refractivity (Wildman–Crippen MR) is 273 cm³/mol. The van der Waals surface area contributed by atoms with E-state index in [4.69, 9.17) is 5.73 Å². The Labute approximate surface area is 440 Å². The quantitative estimate of drug-likeness (QED) is 0.0846. The summed E-state index contributed by atoms with van der Waals surface area (Å²) in [5, 5.41) is 59.5. The Bertz CT molecular complexity index is 2380. The van der Waals surface area contributed by atoms with Crippen molar-refractivity contribution in [1.82, 2.24) is 47.4 Å². The number of nitrogens with one attached hydrogen (secondary N) is 8. The zero-order valence-corrected chi connectivity index (χ0v) is 43.4. The van der Waals surface area contributed by atoms with E-state index in [0.29, 0.717) is 23.8 Å². The number of aldehydes is 1. The molecule has 2 aromatic carbocycles. The molecule has 27 heteroatoms. The number of hydrogen-bond acceptors (Lipinski definition) is 17. The van der Waals surface area contributed by atoms with Gasteiger partial charge in [-0.05, 0) is 74.4 Å². The number of rotatable bonds is 10. The van der Waals surface area contributed by atoms with Gasteiger partial charge < -0.3 is 78.4 Å². The van der Waals surface area contributed by atoms with Crippen LogP contribution in [-0.2, 0) is 65.6 Å². The van der Waals surface area contributed by atoms with Crippen LogP contribution in [0, 0.1) is 5.92 Å². The van der Waals surface area contributed by atoms with Crippen molar-refractivity contribution in [3.8, 4) is 11.5 Å². The fraction of sp³-hybridized carbons (Fsp3) is 0.521. The second kappa shape index (κ2) is 29.2. The summed E-state index contributed by atoms with van der Waals surface area (Å²) in [6.07, 6.45) is -0.397. The maximum absolute atomic E-state index is 14.2. The molecule has 2 heterocycles. The molecule has 2 aliphatic rings. The van der Waals surface area contributed by atoms with Crippen LogP contribution in [0.3, 0.4) is 0 Å². The number of carboxylic acid groups (broad SMARTS) is 1. The van der Waals surface area contributed by atoms with Crippen LogP contribution >= 0.6 is 21.6 Å². The number of carbonyl (C=O) groups is 11. The molecule has 2 saturated heterocycles. The number of benzene rings is 2. The van der Waals surface area contributed by atoms with Crippen LogP contribution in [0.1, 0.15) is 64.5 Å². The van der Waals surface area contributed by atoms with E-state index in [-0.39, 0.29) is 61.2 Å². The van der Waals surface area contributed by atoms with Gasteiger partial charge in [0.25, 0.3) is 0 Å². The van der Waals surface area contributed by atoms with E-state index in [1.54, 1.807) is 13.8 Å². The molecule has 0 aromatic heterocycles. The van der Waals surface area contributed by atoms with Crippen molar-refractivity contribution >= 4 is 87.0 Å². The van der Waals surface area contributed by atoms with Gasteiger partial charge in [-0.15, -0.1) is 0 Å². The molecule has 75 heavy (non-hydrogen) atoms. The van der Waals surface area contributed by atoms with E-state index in [1.807, 2.05) is 0 Å². The van der Waals surface area contributed by atoms with Crippen LogP contribution in [0.2, 0.25) is 0 Å². The van der Waals surface area contributed by atoms with Gasteiger partial charge in [-0.25, -0.2) is 0 Å². The average molecular weight is 1090 g/mol. The molecule has 0 saturated carbocycles. The zero-order valence-electron chi connectivity index (χ0n) is 41.7. The third-order valence-corrected chi connectivity index (χ3v) is 14.4. The molecule has 10 atom stereocenters. The number of nitrogens with two attached hydrogens (primary N) is 1. The summed E-state index contributed by atoms with van der Waals surface area (Å²) < 4.78 is 0. The first-order valence-corrected chi connectivity index (χ1v) is 26.6. The first-order chi connectivity index (χ1) is 35.5. The highest BCUT2D eigenvalue weighted by Gasteiger charge is 2.39.